The van der Waals surface area contributed by atoms with Crippen LogP contribution in [0.1, 0.15) is 47.9 Å². The van der Waals surface area contributed by atoms with Gasteiger partial charge in [0.15, 0.2) is 0 Å². The Morgan fingerprint density at radius 1 is 0.667 bits per heavy atom. The lowest BCUT2D eigenvalue weighted by atomic mass is 9.80. The highest BCUT2D eigenvalue weighted by Gasteiger charge is 2.48. The van der Waals surface area contributed by atoms with Gasteiger partial charge in [0.2, 0.25) is 0 Å². The highest BCUT2D eigenvalue weighted by molar-refractivity contribution is 5.61. The largest absolute Gasteiger partial charge is 0.497 e. The summed E-state index contributed by atoms with van der Waals surface area (Å²) in [6.45, 7) is 1.60. The van der Waals surface area contributed by atoms with E-state index in [0.29, 0.717) is 6.42 Å². The molecule has 0 spiro atoms. The third kappa shape index (κ3) is 9.60. The molecule has 0 saturated heterocycles. The number of aliphatic hydroxyl groups is 2. The highest BCUT2D eigenvalue weighted by atomic mass is 19.1. The van der Waals surface area contributed by atoms with Gasteiger partial charge in [-0.25, -0.2) is 4.39 Å². The van der Waals surface area contributed by atoms with E-state index >= 15 is 0 Å². The Labute approximate surface area is 321 Å². The Hall–Kier alpha value is -4.47. The fourth-order valence-electron chi connectivity index (χ4n) is 8.20. The minimum absolute atomic E-state index is 0.0978. The van der Waals surface area contributed by atoms with Crippen molar-refractivity contribution in [1.82, 2.24) is 9.80 Å². The monoisotopic (exact) mass is 736 g/mol. The molecule has 0 amide bonds. The molecule has 0 heterocycles. The molecule has 288 valence electrons. The number of methoxy groups -OCH3 is 3. The van der Waals surface area contributed by atoms with Gasteiger partial charge >= 0.3 is 0 Å². The van der Waals surface area contributed by atoms with E-state index < -0.39 is 11.2 Å². The van der Waals surface area contributed by atoms with Crippen molar-refractivity contribution in [2.75, 3.05) is 62.6 Å². The van der Waals surface area contributed by atoms with Gasteiger partial charge in [0.05, 0.1) is 26.9 Å². The first-order valence-corrected chi connectivity index (χ1v) is 18.7. The van der Waals surface area contributed by atoms with E-state index in [2.05, 4.69) is 22.0 Å². The van der Waals surface area contributed by atoms with Gasteiger partial charge in [-0.1, -0.05) is 66.7 Å². The molecular formula is C46H57FN2O5. The molecule has 6 rings (SSSR count). The third-order valence-corrected chi connectivity index (χ3v) is 10.8. The van der Waals surface area contributed by atoms with Crippen LogP contribution in [0.3, 0.4) is 0 Å². The molecule has 4 unspecified atom stereocenters. The van der Waals surface area contributed by atoms with Gasteiger partial charge < -0.3 is 34.2 Å². The maximum Gasteiger partial charge on any atom is 0.125 e. The maximum atomic E-state index is 13.7. The number of para-hydroxylation sites is 1. The SMILES string of the molecule is COc1cccc(C=C2CCC(CN(C)C)C2(O)Cc2cccc(F)c2)c1.COc1cccc(C=C2CCC(CN(C)C)C2(O)c2ccccc2OC)c1. The van der Waals surface area contributed by atoms with Crippen molar-refractivity contribution in [3.63, 3.8) is 0 Å². The molecular weight excluding hydrogens is 680 g/mol. The summed E-state index contributed by atoms with van der Waals surface area (Å²) in [6.07, 6.45) is 8.12. The Bertz CT molecular complexity index is 1910. The fourth-order valence-corrected chi connectivity index (χ4v) is 8.20. The predicted octanol–water partition coefficient (Wildman–Crippen LogP) is 8.11. The molecule has 4 aromatic rings. The van der Waals surface area contributed by atoms with Gasteiger partial charge in [0, 0.05) is 36.9 Å². The van der Waals surface area contributed by atoms with E-state index in [1.807, 2.05) is 107 Å². The summed E-state index contributed by atoms with van der Waals surface area (Å²) in [5, 5.41) is 23.8. The maximum absolute atomic E-state index is 13.7. The van der Waals surface area contributed by atoms with Crippen molar-refractivity contribution in [3.8, 4) is 17.2 Å². The number of hydrogen-bond acceptors (Lipinski definition) is 7. The van der Waals surface area contributed by atoms with Crippen molar-refractivity contribution < 1.29 is 28.8 Å². The standard InChI is InChI=1S/C23H28FNO2.C23H29NO3/c1-25(2)16-20-11-10-19(12-17-6-5-9-22(14-17)27-3)23(20,26)15-18-7-4-8-21(24)13-18;1-24(2)16-19-13-12-18(14-17-8-7-9-20(15-17)26-3)23(19,25)21-10-5-6-11-22(21)27-4/h4-9,12-14,20,26H,10-11,15-16H2,1-3H3;5-11,14-15,19,25H,12-13,16H2,1-4H3. The normalized spacial score (nSPS) is 23.9. The molecule has 2 aliphatic rings. The first-order valence-electron chi connectivity index (χ1n) is 18.7. The van der Waals surface area contributed by atoms with Crippen molar-refractivity contribution in [2.24, 2.45) is 11.8 Å². The van der Waals surface area contributed by atoms with Gasteiger partial charge in [0.25, 0.3) is 0 Å². The number of hydrogen-bond donors (Lipinski definition) is 2. The molecule has 2 fully saturated rings. The molecule has 0 bridgehead atoms. The minimum atomic E-state index is -1.06. The van der Waals surface area contributed by atoms with Crippen LogP contribution >= 0.6 is 0 Å². The van der Waals surface area contributed by atoms with E-state index in [1.165, 1.54) is 12.1 Å². The van der Waals surface area contributed by atoms with Crippen LogP contribution in [-0.2, 0) is 12.0 Å². The summed E-state index contributed by atoms with van der Waals surface area (Å²) < 4.78 is 29.9. The zero-order valence-electron chi connectivity index (χ0n) is 32.9. The summed E-state index contributed by atoms with van der Waals surface area (Å²) in [6, 6.07) is 30.1. The average molecular weight is 737 g/mol. The molecule has 2 saturated carbocycles. The van der Waals surface area contributed by atoms with Crippen molar-refractivity contribution in [2.45, 2.75) is 43.3 Å². The molecule has 7 nitrogen and oxygen atoms in total. The average Bonchev–Trinajstić information content (AvgIpc) is 3.62. The predicted molar refractivity (Wildman–Crippen MR) is 216 cm³/mol. The topological polar surface area (TPSA) is 74.6 Å². The van der Waals surface area contributed by atoms with Gasteiger partial charge in [-0.2, -0.15) is 0 Å². The number of nitrogens with zero attached hydrogens (tertiary/aromatic N) is 2. The minimum Gasteiger partial charge on any atom is -0.497 e. The van der Waals surface area contributed by atoms with Gasteiger partial charge in [-0.05, 0) is 124 Å². The van der Waals surface area contributed by atoms with E-state index in [-0.39, 0.29) is 17.7 Å². The number of ether oxygens (including phenoxy) is 3. The van der Waals surface area contributed by atoms with E-state index in [9.17, 15) is 14.6 Å². The summed E-state index contributed by atoms with van der Waals surface area (Å²) in [5.74, 6) is 2.26. The van der Waals surface area contributed by atoms with Crippen molar-refractivity contribution in [3.05, 3.63) is 136 Å². The zero-order chi connectivity index (χ0) is 38.9. The van der Waals surface area contributed by atoms with Gasteiger partial charge in [-0.3, -0.25) is 0 Å². The summed E-state index contributed by atoms with van der Waals surface area (Å²) in [5.41, 5.74) is 3.68. The zero-order valence-corrected chi connectivity index (χ0v) is 32.9. The number of benzene rings is 4. The van der Waals surface area contributed by atoms with Crippen LogP contribution in [-0.4, -0.2) is 88.2 Å². The Morgan fingerprint density at radius 3 is 1.81 bits per heavy atom. The van der Waals surface area contributed by atoms with Crippen LogP contribution in [0.25, 0.3) is 12.2 Å². The lowest BCUT2D eigenvalue weighted by molar-refractivity contribution is 0.0196. The lowest BCUT2D eigenvalue weighted by Crippen LogP contribution is -2.42. The van der Waals surface area contributed by atoms with Crippen molar-refractivity contribution in [1.29, 1.82) is 0 Å². The van der Waals surface area contributed by atoms with Crippen LogP contribution in [0.15, 0.2) is 108 Å². The smallest absolute Gasteiger partial charge is 0.125 e. The molecule has 2 N–H and O–H groups in total. The number of halogens is 1. The molecule has 0 aromatic heterocycles. The fraction of sp³-hybridized carbons (Fsp3) is 0.391. The second-order valence-corrected chi connectivity index (χ2v) is 15.1. The lowest BCUT2D eigenvalue weighted by Gasteiger charge is -2.35. The van der Waals surface area contributed by atoms with Gasteiger partial charge in [-0.15, -0.1) is 0 Å². The number of rotatable bonds is 12. The molecule has 2 aliphatic carbocycles. The molecule has 4 aromatic carbocycles. The quantitative estimate of drug-likeness (QED) is 0.152. The third-order valence-electron chi connectivity index (χ3n) is 10.8. The van der Waals surface area contributed by atoms with Crippen molar-refractivity contribution >= 4 is 12.2 Å². The van der Waals surface area contributed by atoms with E-state index in [0.717, 1.165) is 89.4 Å². The Balaban J connectivity index is 0.000000208. The molecule has 54 heavy (non-hydrogen) atoms. The van der Waals surface area contributed by atoms with Crippen LogP contribution in [0, 0.1) is 17.7 Å². The van der Waals surface area contributed by atoms with Gasteiger partial charge in [0.1, 0.15) is 28.7 Å². The molecule has 4 atom stereocenters. The van der Waals surface area contributed by atoms with Crippen LogP contribution in [0.2, 0.25) is 0 Å². The van der Waals surface area contributed by atoms with E-state index in [4.69, 9.17) is 14.2 Å². The summed E-state index contributed by atoms with van der Waals surface area (Å²) in [7, 11) is 13.1. The van der Waals surface area contributed by atoms with Crippen LogP contribution < -0.4 is 14.2 Å². The first-order chi connectivity index (χ1) is 25.9. The summed E-state index contributed by atoms with van der Waals surface area (Å²) >= 11 is 0. The molecule has 0 aliphatic heterocycles. The summed E-state index contributed by atoms with van der Waals surface area (Å²) in [4.78, 5) is 4.25. The highest BCUT2D eigenvalue weighted by Crippen LogP contribution is 2.51. The second-order valence-electron chi connectivity index (χ2n) is 15.1. The van der Waals surface area contributed by atoms with Crippen LogP contribution in [0.5, 0.6) is 17.2 Å². The second kappa shape index (κ2) is 18.2. The molecule has 8 heteroatoms. The van der Waals surface area contributed by atoms with E-state index in [1.54, 1.807) is 27.4 Å². The van der Waals surface area contributed by atoms with Crippen LogP contribution in [0.4, 0.5) is 4.39 Å². The Kier molecular flexibility index (Phi) is 13.8. The molecule has 0 radical (unpaired) electrons. The first kappa shape index (κ1) is 40.7. The Morgan fingerprint density at radius 2 is 1.22 bits per heavy atom.